The molecule has 0 saturated carbocycles. The second-order valence-corrected chi connectivity index (χ2v) is 7.01. The summed E-state index contributed by atoms with van der Waals surface area (Å²) in [4.78, 5) is 9.66. The van der Waals surface area contributed by atoms with Crippen molar-refractivity contribution in [3.63, 3.8) is 0 Å². The van der Waals surface area contributed by atoms with E-state index in [0.717, 1.165) is 57.6 Å². The standard InChI is InChI=1S/C19H29ClN4O2/c1-2-21-19(22-8-12-26-18-5-3-16(20)4-6-18)24-9-7-17(15-24)23-10-13-25-14-11-23/h3-6,17H,2,7-15H2,1H3,(H,21,22). The van der Waals surface area contributed by atoms with Crippen LogP contribution >= 0.6 is 11.6 Å². The number of nitrogens with one attached hydrogen (secondary N) is 1. The van der Waals surface area contributed by atoms with Crippen LogP contribution in [0.1, 0.15) is 13.3 Å². The first-order chi connectivity index (χ1) is 12.8. The summed E-state index contributed by atoms with van der Waals surface area (Å²) in [6, 6.07) is 8.03. The fourth-order valence-electron chi connectivity index (χ4n) is 3.45. The Kier molecular flexibility index (Phi) is 7.41. The Labute approximate surface area is 161 Å². The molecule has 26 heavy (non-hydrogen) atoms. The van der Waals surface area contributed by atoms with Gasteiger partial charge in [-0.15, -0.1) is 0 Å². The van der Waals surface area contributed by atoms with Gasteiger partial charge in [0.15, 0.2) is 5.96 Å². The van der Waals surface area contributed by atoms with Crippen molar-refractivity contribution in [2.45, 2.75) is 19.4 Å². The van der Waals surface area contributed by atoms with Crippen LogP contribution in [-0.2, 0) is 4.74 Å². The Balaban J connectivity index is 1.48. The minimum absolute atomic E-state index is 0.553. The SMILES string of the molecule is CCNC(=NCCOc1ccc(Cl)cc1)N1CCC(N2CCOCC2)C1. The van der Waals surface area contributed by atoms with Crippen molar-refractivity contribution in [1.82, 2.24) is 15.1 Å². The van der Waals surface area contributed by atoms with Crippen LogP contribution in [0, 0.1) is 0 Å². The van der Waals surface area contributed by atoms with E-state index in [0.29, 0.717) is 24.2 Å². The molecule has 0 bridgehead atoms. The first kappa shape index (κ1) is 19.3. The highest BCUT2D eigenvalue weighted by Crippen LogP contribution is 2.17. The number of likely N-dealkylation sites (tertiary alicyclic amines) is 1. The summed E-state index contributed by atoms with van der Waals surface area (Å²) < 4.78 is 11.2. The molecule has 2 aliphatic rings. The van der Waals surface area contributed by atoms with Crippen molar-refractivity contribution in [3.05, 3.63) is 29.3 Å². The van der Waals surface area contributed by atoms with Crippen molar-refractivity contribution >= 4 is 17.6 Å². The molecule has 0 amide bonds. The van der Waals surface area contributed by atoms with Gasteiger partial charge in [0.2, 0.25) is 0 Å². The predicted molar refractivity (Wildman–Crippen MR) is 105 cm³/mol. The average molecular weight is 381 g/mol. The van der Waals surface area contributed by atoms with E-state index >= 15 is 0 Å². The summed E-state index contributed by atoms with van der Waals surface area (Å²) in [6.45, 7) is 10.0. The number of ether oxygens (including phenoxy) is 2. The Morgan fingerprint density at radius 3 is 2.77 bits per heavy atom. The molecule has 1 aromatic rings. The van der Waals surface area contributed by atoms with Crippen LogP contribution in [0.2, 0.25) is 5.02 Å². The maximum Gasteiger partial charge on any atom is 0.194 e. The van der Waals surface area contributed by atoms with Gasteiger partial charge in [0.25, 0.3) is 0 Å². The minimum Gasteiger partial charge on any atom is -0.492 e. The van der Waals surface area contributed by atoms with Crippen molar-refractivity contribution in [1.29, 1.82) is 0 Å². The first-order valence-electron chi connectivity index (χ1n) is 9.49. The molecular weight excluding hydrogens is 352 g/mol. The molecule has 6 nitrogen and oxygen atoms in total. The monoisotopic (exact) mass is 380 g/mol. The third-order valence-corrected chi connectivity index (χ3v) is 5.05. The summed E-state index contributed by atoms with van der Waals surface area (Å²) in [7, 11) is 0. The first-order valence-corrected chi connectivity index (χ1v) is 9.87. The van der Waals surface area contributed by atoms with Crippen molar-refractivity contribution in [2.75, 3.05) is 59.1 Å². The quantitative estimate of drug-likeness (QED) is 0.465. The fourth-order valence-corrected chi connectivity index (χ4v) is 3.57. The number of guanidine groups is 1. The summed E-state index contributed by atoms with van der Waals surface area (Å²) in [6.07, 6.45) is 1.19. The summed E-state index contributed by atoms with van der Waals surface area (Å²) in [5.41, 5.74) is 0. The molecule has 2 fully saturated rings. The molecule has 1 N–H and O–H groups in total. The number of rotatable bonds is 6. The van der Waals surface area contributed by atoms with E-state index in [1.54, 1.807) is 0 Å². The summed E-state index contributed by atoms with van der Waals surface area (Å²) in [5, 5.41) is 4.13. The second kappa shape index (κ2) is 10.00. The predicted octanol–water partition coefficient (Wildman–Crippen LogP) is 2.09. The van der Waals surface area contributed by atoms with Crippen molar-refractivity contribution in [3.8, 4) is 5.75 Å². The van der Waals surface area contributed by atoms with Crippen molar-refractivity contribution in [2.24, 2.45) is 4.99 Å². The van der Waals surface area contributed by atoms with Gasteiger partial charge in [0.05, 0.1) is 19.8 Å². The summed E-state index contributed by atoms with van der Waals surface area (Å²) >= 11 is 5.89. The lowest BCUT2D eigenvalue weighted by atomic mass is 10.2. The van der Waals surface area contributed by atoms with Gasteiger partial charge >= 0.3 is 0 Å². The lowest BCUT2D eigenvalue weighted by Crippen LogP contribution is -2.46. The molecule has 3 rings (SSSR count). The van der Waals surface area contributed by atoms with Crippen LogP contribution in [0.25, 0.3) is 0 Å². The number of hydrogen-bond donors (Lipinski definition) is 1. The molecule has 0 radical (unpaired) electrons. The maximum atomic E-state index is 5.89. The van der Waals surface area contributed by atoms with Gasteiger partial charge in [-0.3, -0.25) is 4.90 Å². The van der Waals surface area contributed by atoms with Crippen LogP contribution in [0.15, 0.2) is 29.3 Å². The van der Waals surface area contributed by atoms with E-state index in [1.807, 2.05) is 24.3 Å². The number of morpholine rings is 1. The van der Waals surface area contributed by atoms with Gasteiger partial charge in [-0.25, -0.2) is 4.99 Å². The minimum atomic E-state index is 0.553. The van der Waals surface area contributed by atoms with Gasteiger partial charge in [0, 0.05) is 43.8 Å². The highest BCUT2D eigenvalue weighted by Gasteiger charge is 2.30. The molecule has 2 saturated heterocycles. The zero-order valence-corrected chi connectivity index (χ0v) is 16.2. The van der Waals surface area contributed by atoms with E-state index in [2.05, 4.69) is 22.0 Å². The molecule has 0 spiro atoms. The van der Waals surface area contributed by atoms with Gasteiger partial charge in [-0.1, -0.05) is 11.6 Å². The highest BCUT2D eigenvalue weighted by atomic mass is 35.5. The van der Waals surface area contributed by atoms with E-state index < -0.39 is 0 Å². The van der Waals surface area contributed by atoms with Crippen LogP contribution < -0.4 is 10.1 Å². The average Bonchev–Trinajstić information content (AvgIpc) is 3.16. The largest absolute Gasteiger partial charge is 0.492 e. The Morgan fingerprint density at radius 1 is 1.27 bits per heavy atom. The topological polar surface area (TPSA) is 49.3 Å². The summed E-state index contributed by atoms with van der Waals surface area (Å²) in [5.74, 6) is 1.81. The van der Waals surface area contributed by atoms with Crippen molar-refractivity contribution < 1.29 is 9.47 Å². The smallest absolute Gasteiger partial charge is 0.194 e. The fraction of sp³-hybridized carbons (Fsp3) is 0.632. The molecule has 1 atom stereocenters. The normalized spacial score (nSPS) is 21.8. The van der Waals surface area contributed by atoms with E-state index in [-0.39, 0.29) is 0 Å². The maximum absolute atomic E-state index is 5.89. The van der Waals surface area contributed by atoms with Crippen LogP contribution in [0.4, 0.5) is 0 Å². The molecule has 7 heteroatoms. The Hall–Kier alpha value is -1.50. The Bertz CT molecular complexity index is 575. The number of benzene rings is 1. The van der Waals surface area contributed by atoms with Crippen LogP contribution in [0.5, 0.6) is 5.75 Å². The lowest BCUT2D eigenvalue weighted by Gasteiger charge is -2.32. The lowest BCUT2D eigenvalue weighted by molar-refractivity contribution is 0.0195. The zero-order chi connectivity index (χ0) is 18.2. The number of nitrogens with zero attached hydrogens (tertiary/aromatic N) is 3. The van der Waals surface area contributed by atoms with E-state index in [4.69, 9.17) is 26.1 Å². The van der Waals surface area contributed by atoms with Gasteiger partial charge in [-0.2, -0.15) is 0 Å². The molecule has 0 aliphatic carbocycles. The molecular formula is C19H29ClN4O2. The molecule has 2 aliphatic heterocycles. The molecule has 1 aromatic carbocycles. The van der Waals surface area contributed by atoms with Gasteiger partial charge in [-0.05, 0) is 37.6 Å². The van der Waals surface area contributed by atoms with Crippen LogP contribution in [-0.4, -0.2) is 80.9 Å². The van der Waals surface area contributed by atoms with E-state index in [9.17, 15) is 0 Å². The van der Waals surface area contributed by atoms with Crippen LogP contribution in [0.3, 0.4) is 0 Å². The number of aliphatic imine (C=N–C) groups is 1. The molecule has 2 heterocycles. The number of halogens is 1. The highest BCUT2D eigenvalue weighted by molar-refractivity contribution is 6.30. The molecule has 1 unspecified atom stereocenters. The zero-order valence-electron chi connectivity index (χ0n) is 15.5. The number of hydrogen-bond acceptors (Lipinski definition) is 4. The second-order valence-electron chi connectivity index (χ2n) is 6.57. The third-order valence-electron chi connectivity index (χ3n) is 4.80. The third kappa shape index (κ3) is 5.50. The molecule has 0 aromatic heterocycles. The van der Waals surface area contributed by atoms with Gasteiger partial charge < -0.3 is 19.7 Å². The molecule has 144 valence electrons. The Morgan fingerprint density at radius 2 is 2.04 bits per heavy atom. The van der Waals surface area contributed by atoms with E-state index in [1.165, 1.54) is 6.42 Å². The van der Waals surface area contributed by atoms with Gasteiger partial charge in [0.1, 0.15) is 12.4 Å².